The molecular weight excluding hydrogens is 328 g/mol. The molecular formula is C17H21BrN2O. The van der Waals surface area contributed by atoms with Crippen molar-refractivity contribution in [1.29, 1.82) is 0 Å². The van der Waals surface area contributed by atoms with Crippen LogP contribution in [0.2, 0.25) is 0 Å². The summed E-state index contributed by atoms with van der Waals surface area (Å²) in [6.45, 7) is 9.12. The first-order chi connectivity index (χ1) is 9.83. The molecule has 0 atom stereocenters. The van der Waals surface area contributed by atoms with Gasteiger partial charge in [-0.05, 0) is 52.0 Å². The predicted octanol–water partition coefficient (Wildman–Crippen LogP) is 4.83. The number of aryl methyl sites for hydroxylation is 1. The molecule has 0 saturated heterocycles. The zero-order chi connectivity index (χ0) is 15.5. The first-order valence-electron chi connectivity index (χ1n) is 6.97. The Hall–Kier alpha value is -1.39. The van der Waals surface area contributed by atoms with Gasteiger partial charge in [-0.3, -0.25) is 4.98 Å². The highest BCUT2D eigenvalue weighted by Gasteiger charge is 2.12. The van der Waals surface area contributed by atoms with Gasteiger partial charge in [-0.1, -0.05) is 15.9 Å². The lowest BCUT2D eigenvalue weighted by Gasteiger charge is -2.21. The zero-order valence-electron chi connectivity index (χ0n) is 12.9. The molecule has 21 heavy (non-hydrogen) atoms. The van der Waals surface area contributed by atoms with Crippen LogP contribution in [0.4, 0.5) is 0 Å². The molecule has 1 N–H and O–H groups in total. The van der Waals surface area contributed by atoms with Gasteiger partial charge in [0.2, 0.25) is 0 Å². The van der Waals surface area contributed by atoms with Crippen LogP contribution in [0.15, 0.2) is 41.0 Å². The highest BCUT2D eigenvalue weighted by Crippen LogP contribution is 2.27. The first kappa shape index (κ1) is 16.0. The molecule has 0 bridgehead atoms. The molecule has 1 aromatic carbocycles. The van der Waals surface area contributed by atoms with Gasteiger partial charge < -0.3 is 10.1 Å². The standard InChI is InChI=1S/C17H21BrN2O/c1-12-9-16(21-15-7-5-14(18)6-8-15)13(10-19-12)11-20-17(2,3)4/h5-10,20H,11H2,1-4H3. The van der Waals surface area contributed by atoms with Gasteiger partial charge >= 0.3 is 0 Å². The maximum atomic E-state index is 6.01. The number of rotatable bonds is 4. The number of halogens is 1. The Kier molecular flexibility index (Phi) is 5.01. The predicted molar refractivity (Wildman–Crippen MR) is 89.8 cm³/mol. The molecule has 3 nitrogen and oxygen atoms in total. The number of nitrogens with one attached hydrogen (secondary N) is 1. The van der Waals surface area contributed by atoms with E-state index >= 15 is 0 Å². The van der Waals surface area contributed by atoms with Crippen molar-refractivity contribution in [2.24, 2.45) is 0 Å². The lowest BCUT2D eigenvalue weighted by molar-refractivity contribution is 0.413. The number of pyridine rings is 1. The summed E-state index contributed by atoms with van der Waals surface area (Å²) in [7, 11) is 0. The summed E-state index contributed by atoms with van der Waals surface area (Å²) in [6.07, 6.45) is 1.88. The molecule has 1 heterocycles. The average Bonchev–Trinajstić information content (AvgIpc) is 2.39. The maximum absolute atomic E-state index is 6.01. The Balaban J connectivity index is 2.20. The summed E-state index contributed by atoms with van der Waals surface area (Å²) in [5.41, 5.74) is 2.06. The molecule has 4 heteroatoms. The van der Waals surface area contributed by atoms with Crippen LogP contribution in [0, 0.1) is 6.92 Å². The Morgan fingerprint density at radius 3 is 2.48 bits per heavy atom. The van der Waals surface area contributed by atoms with Gasteiger partial charge in [0, 0.05) is 40.1 Å². The van der Waals surface area contributed by atoms with Gasteiger partial charge in [0.05, 0.1) is 0 Å². The van der Waals surface area contributed by atoms with Gasteiger partial charge in [0.25, 0.3) is 0 Å². The summed E-state index contributed by atoms with van der Waals surface area (Å²) in [5.74, 6) is 1.67. The summed E-state index contributed by atoms with van der Waals surface area (Å²) in [5, 5.41) is 3.47. The second-order valence-electron chi connectivity index (χ2n) is 6.09. The van der Waals surface area contributed by atoms with Crippen LogP contribution in [-0.4, -0.2) is 10.5 Å². The fraction of sp³-hybridized carbons (Fsp3) is 0.353. The molecule has 0 unspecified atom stereocenters. The van der Waals surface area contributed by atoms with Crippen LogP contribution in [0.3, 0.4) is 0 Å². The van der Waals surface area contributed by atoms with Crippen LogP contribution in [0.25, 0.3) is 0 Å². The van der Waals surface area contributed by atoms with E-state index in [1.807, 2.05) is 43.5 Å². The van der Waals surface area contributed by atoms with Gasteiger partial charge in [-0.15, -0.1) is 0 Å². The van der Waals surface area contributed by atoms with E-state index in [1.165, 1.54) is 0 Å². The fourth-order valence-corrected chi connectivity index (χ4v) is 2.05. The van der Waals surface area contributed by atoms with Gasteiger partial charge in [-0.25, -0.2) is 0 Å². The molecule has 0 aliphatic rings. The van der Waals surface area contributed by atoms with E-state index in [0.717, 1.165) is 33.8 Å². The van der Waals surface area contributed by atoms with E-state index < -0.39 is 0 Å². The van der Waals surface area contributed by atoms with Crippen molar-refractivity contribution in [2.45, 2.75) is 39.8 Å². The van der Waals surface area contributed by atoms with E-state index in [4.69, 9.17) is 4.74 Å². The Bertz CT molecular complexity index is 603. The summed E-state index contributed by atoms with van der Waals surface area (Å²) >= 11 is 3.43. The van der Waals surface area contributed by atoms with E-state index in [0.29, 0.717) is 0 Å². The normalized spacial score (nSPS) is 11.5. The van der Waals surface area contributed by atoms with E-state index in [-0.39, 0.29) is 5.54 Å². The van der Waals surface area contributed by atoms with E-state index in [1.54, 1.807) is 0 Å². The first-order valence-corrected chi connectivity index (χ1v) is 7.77. The second kappa shape index (κ2) is 6.58. The molecule has 0 saturated carbocycles. The molecule has 2 aromatic rings. The Morgan fingerprint density at radius 2 is 1.86 bits per heavy atom. The SMILES string of the molecule is Cc1cc(Oc2ccc(Br)cc2)c(CNC(C)(C)C)cn1. The lowest BCUT2D eigenvalue weighted by atomic mass is 10.1. The second-order valence-corrected chi connectivity index (χ2v) is 7.01. The topological polar surface area (TPSA) is 34.1 Å². The van der Waals surface area contributed by atoms with Crippen molar-refractivity contribution in [1.82, 2.24) is 10.3 Å². The molecule has 0 radical (unpaired) electrons. The molecule has 0 aliphatic heterocycles. The average molecular weight is 349 g/mol. The van der Waals surface area contributed by atoms with Gasteiger partial charge in [-0.2, -0.15) is 0 Å². The number of benzene rings is 1. The van der Waals surface area contributed by atoms with Crippen LogP contribution >= 0.6 is 15.9 Å². The Labute approximate surface area is 134 Å². The van der Waals surface area contributed by atoms with Crippen molar-refractivity contribution in [2.75, 3.05) is 0 Å². The van der Waals surface area contributed by atoms with Crippen LogP contribution < -0.4 is 10.1 Å². The van der Waals surface area contributed by atoms with Crippen LogP contribution in [0.5, 0.6) is 11.5 Å². The smallest absolute Gasteiger partial charge is 0.135 e. The van der Waals surface area contributed by atoms with Crippen molar-refractivity contribution in [3.05, 3.63) is 52.3 Å². The number of hydrogen-bond acceptors (Lipinski definition) is 3. The molecule has 0 spiro atoms. The minimum Gasteiger partial charge on any atom is -0.457 e. The van der Waals surface area contributed by atoms with Crippen molar-refractivity contribution in [3.63, 3.8) is 0 Å². The molecule has 0 aliphatic carbocycles. The largest absolute Gasteiger partial charge is 0.457 e. The van der Waals surface area contributed by atoms with Gasteiger partial charge in [0.1, 0.15) is 11.5 Å². The quantitative estimate of drug-likeness (QED) is 0.858. The van der Waals surface area contributed by atoms with Crippen molar-refractivity contribution in [3.8, 4) is 11.5 Å². The number of hydrogen-bond donors (Lipinski definition) is 1. The minimum absolute atomic E-state index is 0.0553. The number of ether oxygens (including phenoxy) is 1. The van der Waals surface area contributed by atoms with E-state index in [9.17, 15) is 0 Å². The molecule has 112 valence electrons. The highest BCUT2D eigenvalue weighted by atomic mass is 79.9. The van der Waals surface area contributed by atoms with Crippen LogP contribution in [0.1, 0.15) is 32.0 Å². The maximum Gasteiger partial charge on any atom is 0.135 e. The number of aromatic nitrogens is 1. The molecule has 0 fully saturated rings. The van der Waals surface area contributed by atoms with Crippen molar-refractivity contribution >= 4 is 15.9 Å². The fourth-order valence-electron chi connectivity index (χ4n) is 1.78. The lowest BCUT2D eigenvalue weighted by Crippen LogP contribution is -2.35. The Morgan fingerprint density at radius 1 is 1.19 bits per heavy atom. The third-order valence-corrected chi connectivity index (χ3v) is 3.46. The summed E-state index contributed by atoms with van der Waals surface area (Å²) in [4.78, 5) is 4.37. The van der Waals surface area contributed by atoms with Crippen molar-refractivity contribution < 1.29 is 4.74 Å². The van der Waals surface area contributed by atoms with E-state index in [2.05, 4.69) is 47.0 Å². The summed E-state index contributed by atoms with van der Waals surface area (Å²) in [6, 6.07) is 9.80. The minimum atomic E-state index is 0.0553. The molecule has 1 aromatic heterocycles. The number of nitrogens with zero attached hydrogens (tertiary/aromatic N) is 1. The molecule has 0 amide bonds. The third-order valence-electron chi connectivity index (χ3n) is 2.93. The molecule has 2 rings (SSSR count). The zero-order valence-corrected chi connectivity index (χ0v) is 14.5. The van der Waals surface area contributed by atoms with Gasteiger partial charge in [0.15, 0.2) is 0 Å². The monoisotopic (exact) mass is 348 g/mol. The summed E-state index contributed by atoms with van der Waals surface area (Å²) < 4.78 is 7.05. The third kappa shape index (κ3) is 5.14. The van der Waals surface area contributed by atoms with Crippen LogP contribution in [-0.2, 0) is 6.54 Å². The highest BCUT2D eigenvalue weighted by molar-refractivity contribution is 9.10.